The van der Waals surface area contributed by atoms with E-state index in [4.69, 9.17) is 10.5 Å². The minimum Gasteiger partial charge on any atom is -0.394 e. The fourth-order valence-electron chi connectivity index (χ4n) is 4.39. The van der Waals surface area contributed by atoms with Gasteiger partial charge >= 0.3 is 0 Å². The summed E-state index contributed by atoms with van der Waals surface area (Å²) in [4.78, 5) is 28.9. The zero-order valence-corrected chi connectivity index (χ0v) is 19.5. The van der Waals surface area contributed by atoms with E-state index in [1.165, 1.54) is 32.1 Å². The Morgan fingerprint density at radius 2 is 2.06 bits per heavy atom. The normalized spacial score (nSPS) is 23.8. The molecule has 2 aliphatic heterocycles. The lowest BCUT2D eigenvalue weighted by molar-refractivity contribution is 0.0383. The molecule has 0 aromatic carbocycles. The van der Waals surface area contributed by atoms with Gasteiger partial charge in [0.1, 0.15) is 11.5 Å². The molecular formula is C23H36N8O2. The van der Waals surface area contributed by atoms with E-state index in [0.717, 1.165) is 45.1 Å². The van der Waals surface area contributed by atoms with Gasteiger partial charge in [0.15, 0.2) is 17.3 Å². The van der Waals surface area contributed by atoms with Crippen LogP contribution in [0.3, 0.4) is 0 Å². The average molecular weight is 457 g/mol. The van der Waals surface area contributed by atoms with Gasteiger partial charge < -0.3 is 21.2 Å². The lowest BCUT2D eigenvalue weighted by atomic mass is 9.89. The predicted octanol–water partition coefficient (Wildman–Crippen LogP) is 1.63. The highest BCUT2D eigenvalue weighted by molar-refractivity contribution is 6.00. The molecule has 1 aromatic heterocycles. The van der Waals surface area contributed by atoms with Crippen LogP contribution in [-0.4, -0.2) is 72.0 Å². The SMILES string of the molecule is CC1CC(=Nc2nc(/C=C/C3CCCCC3)nc(C(=O)NCCN3CCOCC3)c2N)NN1. The number of nitrogens with zero attached hydrogens (tertiary/aromatic N) is 4. The van der Waals surface area contributed by atoms with Gasteiger partial charge in [-0.15, -0.1) is 0 Å². The zero-order chi connectivity index (χ0) is 23.0. The molecule has 2 saturated heterocycles. The van der Waals surface area contributed by atoms with Crippen molar-refractivity contribution in [1.82, 2.24) is 31.0 Å². The van der Waals surface area contributed by atoms with Crippen molar-refractivity contribution in [3.05, 3.63) is 17.6 Å². The molecule has 1 amide bonds. The number of nitrogens with two attached hydrogens (primary N) is 1. The number of allylic oxidation sites excluding steroid dienone is 1. The Kier molecular flexibility index (Phi) is 8.25. The standard InChI is InChI=1S/C23H36N8O2/c1-16-15-19(30-29-16)28-22-20(24)21(23(32)25-9-10-31-11-13-33-14-12-31)26-18(27-22)8-7-17-5-3-2-4-6-17/h7-8,16-17,29H,2-6,9-15,24H2,1H3,(H,25,32)(H,26,27,28,30)/b8-7+. The number of aliphatic imine (C=N–C) groups is 1. The third-order valence-electron chi connectivity index (χ3n) is 6.35. The molecule has 3 aliphatic rings. The molecule has 5 N–H and O–H groups in total. The van der Waals surface area contributed by atoms with Crippen molar-refractivity contribution in [2.24, 2.45) is 10.9 Å². The van der Waals surface area contributed by atoms with E-state index < -0.39 is 0 Å². The Morgan fingerprint density at radius 3 is 2.79 bits per heavy atom. The van der Waals surface area contributed by atoms with E-state index in [-0.39, 0.29) is 23.3 Å². The first kappa shape index (κ1) is 23.6. The highest BCUT2D eigenvalue weighted by atomic mass is 16.5. The summed E-state index contributed by atoms with van der Waals surface area (Å²) in [5.41, 5.74) is 12.9. The first-order valence-corrected chi connectivity index (χ1v) is 12.1. The molecule has 0 spiro atoms. The van der Waals surface area contributed by atoms with Crippen LogP contribution < -0.4 is 21.9 Å². The number of nitrogens with one attached hydrogen (secondary N) is 3. The molecule has 1 saturated carbocycles. The van der Waals surface area contributed by atoms with Gasteiger partial charge in [0, 0.05) is 38.6 Å². The first-order valence-electron chi connectivity index (χ1n) is 12.1. The fourth-order valence-corrected chi connectivity index (χ4v) is 4.39. The van der Waals surface area contributed by atoms with Gasteiger partial charge in [-0.05, 0) is 31.8 Å². The Morgan fingerprint density at radius 1 is 1.27 bits per heavy atom. The molecule has 0 radical (unpaired) electrons. The number of carbonyl (C=O) groups is 1. The second kappa shape index (κ2) is 11.5. The highest BCUT2D eigenvalue weighted by Gasteiger charge is 2.21. The fraction of sp³-hybridized carbons (Fsp3) is 0.652. The number of rotatable bonds is 7. The average Bonchev–Trinajstić information content (AvgIpc) is 3.25. The van der Waals surface area contributed by atoms with Crippen LogP contribution in [0.2, 0.25) is 0 Å². The van der Waals surface area contributed by atoms with Gasteiger partial charge in [0.25, 0.3) is 5.91 Å². The summed E-state index contributed by atoms with van der Waals surface area (Å²) in [6, 6.07) is 0.264. The predicted molar refractivity (Wildman–Crippen MR) is 129 cm³/mol. The van der Waals surface area contributed by atoms with E-state index in [9.17, 15) is 4.79 Å². The third kappa shape index (κ3) is 6.72. The van der Waals surface area contributed by atoms with Crippen LogP contribution in [0.15, 0.2) is 11.1 Å². The van der Waals surface area contributed by atoms with Crippen molar-refractivity contribution in [3.63, 3.8) is 0 Å². The Bertz CT molecular complexity index is 875. The second-order valence-corrected chi connectivity index (χ2v) is 9.07. The molecule has 3 fully saturated rings. The number of amidine groups is 1. The molecule has 4 rings (SSSR count). The number of hydrazine groups is 1. The van der Waals surface area contributed by atoms with Crippen LogP contribution in [0.1, 0.15) is 61.8 Å². The summed E-state index contributed by atoms with van der Waals surface area (Å²) in [6.07, 6.45) is 11.0. The number of nitrogen functional groups attached to an aromatic ring is 1. The van der Waals surface area contributed by atoms with Gasteiger partial charge in [-0.2, -0.15) is 0 Å². The molecule has 10 nitrogen and oxygen atoms in total. The number of morpholine rings is 1. The first-order chi connectivity index (χ1) is 16.1. The lowest BCUT2D eigenvalue weighted by Gasteiger charge is -2.26. The van der Waals surface area contributed by atoms with Crippen LogP contribution in [0, 0.1) is 5.92 Å². The largest absolute Gasteiger partial charge is 0.394 e. The topological polar surface area (TPSA) is 130 Å². The summed E-state index contributed by atoms with van der Waals surface area (Å²) in [7, 11) is 0. The van der Waals surface area contributed by atoms with Gasteiger partial charge in [0.2, 0.25) is 0 Å². The Hall–Kier alpha value is -2.56. The third-order valence-corrected chi connectivity index (χ3v) is 6.35. The van der Waals surface area contributed by atoms with Gasteiger partial charge in [-0.3, -0.25) is 9.69 Å². The van der Waals surface area contributed by atoms with E-state index in [2.05, 4.69) is 49.0 Å². The second-order valence-electron chi connectivity index (χ2n) is 9.07. The Labute approximate surface area is 195 Å². The molecule has 1 aromatic rings. The number of hydrogen-bond acceptors (Lipinski definition) is 8. The van der Waals surface area contributed by atoms with E-state index in [1.807, 2.05) is 6.08 Å². The minimum atomic E-state index is -0.303. The van der Waals surface area contributed by atoms with E-state index in [0.29, 0.717) is 24.1 Å². The van der Waals surface area contributed by atoms with Crippen molar-refractivity contribution < 1.29 is 9.53 Å². The van der Waals surface area contributed by atoms with E-state index >= 15 is 0 Å². The maximum Gasteiger partial charge on any atom is 0.272 e. The summed E-state index contributed by atoms with van der Waals surface area (Å²) in [5, 5.41) is 2.96. The quantitative estimate of drug-likeness (QED) is 0.487. The molecule has 1 atom stereocenters. The number of ether oxygens (including phenoxy) is 1. The van der Waals surface area contributed by atoms with Crippen molar-refractivity contribution in [2.45, 2.75) is 51.5 Å². The van der Waals surface area contributed by atoms with Crippen LogP contribution in [-0.2, 0) is 4.74 Å². The zero-order valence-electron chi connectivity index (χ0n) is 19.5. The number of anilines is 1. The van der Waals surface area contributed by atoms with Gasteiger partial charge in [-0.1, -0.05) is 25.3 Å². The van der Waals surface area contributed by atoms with Crippen LogP contribution in [0.4, 0.5) is 11.5 Å². The summed E-state index contributed by atoms with van der Waals surface area (Å²) in [5.74, 6) is 1.76. The summed E-state index contributed by atoms with van der Waals surface area (Å²) < 4.78 is 5.38. The molecule has 1 aliphatic carbocycles. The molecule has 180 valence electrons. The molecule has 33 heavy (non-hydrogen) atoms. The summed E-state index contributed by atoms with van der Waals surface area (Å²) >= 11 is 0. The van der Waals surface area contributed by atoms with Crippen molar-refractivity contribution >= 4 is 29.3 Å². The number of amides is 1. The lowest BCUT2D eigenvalue weighted by Crippen LogP contribution is -2.41. The highest BCUT2D eigenvalue weighted by Crippen LogP contribution is 2.27. The summed E-state index contributed by atoms with van der Waals surface area (Å²) in [6.45, 7) is 6.55. The van der Waals surface area contributed by atoms with Crippen LogP contribution >= 0.6 is 0 Å². The van der Waals surface area contributed by atoms with Gasteiger partial charge in [-0.25, -0.2) is 20.4 Å². The van der Waals surface area contributed by atoms with Crippen LogP contribution in [0.5, 0.6) is 0 Å². The molecule has 0 bridgehead atoms. The van der Waals surface area contributed by atoms with Crippen LogP contribution in [0.25, 0.3) is 6.08 Å². The van der Waals surface area contributed by atoms with E-state index in [1.54, 1.807) is 0 Å². The molecular weight excluding hydrogens is 420 g/mol. The number of aromatic nitrogens is 2. The monoisotopic (exact) mass is 456 g/mol. The number of carbonyl (C=O) groups excluding carboxylic acids is 1. The maximum absolute atomic E-state index is 13.0. The Balaban J connectivity index is 1.51. The van der Waals surface area contributed by atoms with Crippen molar-refractivity contribution in [1.29, 1.82) is 0 Å². The molecule has 1 unspecified atom stereocenters. The minimum absolute atomic E-state index is 0.175. The van der Waals surface area contributed by atoms with Gasteiger partial charge in [0.05, 0.1) is 13.2 Å². The maximum atomic E-state index is 13.0. The van der Waals surface area contributed by atoms with Crippen molar-refractivity contribution in [3.8, 4) is 0 Å². The molecule has 10 heteroatoms. The number of hydrogen-bond donors (Lipinski definition) is 4. The van der Waals surface area contributed by atoms with Crippen molar-refractivity contribution in [2.75, 3.05) is 45.1 Å². The smallest absolute Gasteiger partial charge is 0.272 e. The molecule has 3 heterocycles.